The number of ether oxygens (including phenoxy) is 1. The zero-order valence-electron chi connectivity index (χ0n) is 14.7. The number of halogens is 3. The van der Waals surface area contributed by atoms with Crippen molar-refractivity contribution in [2.24, 2.45) is 18.9 Å². The molecular formula is C16H23F3N4O3. The molecule has 2 N–H and O–H groups in total. The first-order valence-electron chi connectivity index (χ1n) is 8.54. The summed E-state index contributed by atoms with van der Waals surface area (Å²) in [7, 11) is 1.52. The summed E-state index contributed by atoms with van der Waals surface area (Å²) in [6, 6.07) is -0.666. The molecule has 2 atom stereocenters. The number of urea groups is 1. The maximum Gasteiger partial charge on any atom is 0.392 e. The van der Waals surface area contributed by atoms with Gasteiger partial charge in [0.2, 0.25) is 5.95 Å². The lowest BCUT2D eigenvalue weighted by atomic mass is 9.79. The Hall–Kier alpha value is -2.26. The van der Waals surface area contributed by atoms with Crippen molar-refractivity contribution in [1.29, 1.82) is 0 Å². The number of carbonyl (C=O) groups excluding carboxylic acids is 2. The van der Waals surface area contributed by atoms with Crippen LogP contribution in [0.4, 0.5) is 23.9 Å². The fourth-order valence-corrected chi connectivity index (χ4v) is 3.17. The highest BCUT2D eigenvalue weighted by Gasteiger charge is 2.45. The summed E-state index contributed by atoms with van der Waals surface area (Å²) in [5.41, 5.74) is 0.159. The van der Waals surface area contributed by atoms with E-state index in [1.807, 2.05) is 0 Å². The van der Waals surface area contributed by atoms with E-state index in [4.69, 9.17) is 4.74 Å². The number of rotatable bonds is 5. The summed E-state index contributed by atoms with van der Waals surface area (Å²) in [6.07, 6.45) is -1.19. The Morgan fingerprint density at radius 3 is 2.69 bits per heavy atom. The first-order chi connectivity index (χ1) is 12.2. The molecule has 10 heteroatoms. The van der Waals surface area contributed by atoms with Crippen LogP contribution in [0, 0.1) is 11.8 Å². The van der Waals surface area contributed by atoms with E-state index in [-0.39, 0.29) is 31.2 Å². The Kier molecular flexibility index (Phi) is 6.49. The molecule has 1 heterocycles. The van der Waals surface area contributed by atoms with Gasteiger partial charge in [-0.3, -0.25) is 5.32 Å². The van der Waals surface area contributed by atoms with Gasteiger partial charge in [-0.2, -0.15) is 13.2 Å². The molecule has 0 bridgehead atoms. The monoisotopic (exact) mass is 376 g/mol. The molecule has 1 fully saturated rings. The van der Waals surface area contributed by atoms with E-state index in [1.165, 1.54) is 17.8 Å². The van der Waals surface area contributed by atoms with Gasteiger partial charge in [0.05, 0.1) is 18.7 Å². The number of anilines is 1. The number of nitrogens with zero attached hydrogens (tertiary/aromatic N) is 2. The van der Waals surface area contributed by atoms with Gasteiger partial charge in [-0.05, 0) is 25.7 Å². The molecular weight excluding hydrogens is 353 g/mol. The Labute approximate surface area is 149 Å². The lowest BCUT2D eigenvalue weighted by molar-refractivity contribution is -0.195. The van der Waals surface area contributed by atoms with E-state index >= 15 is 0 Å². The van der Waals surface area contributed by atoms with E-state index in [2.05, 4.69) is 15.6 Å². The van der Waals surface area contributed by atoms with Gasteiger partial charge in [0.15, 0.2) is 0 Å². The van der Waals surface area contributed by atoms with Crippen LogP contribution >= 0.6 is 0 Å². The largest absolute Gasteiger partial charge is 0.461 e. The molecule has 2 unspecified atom stereocenters. The quantitative estimate of drug-likeness (QED) is 0.774. The molecule has 0 saturated heterocycles. The zero-order valence-corrected chi connectivity index (χ0v) is 14.7. The van der Waals surface area contributed by atoms with Crippen molar-refractivity contribution < 1.29 is 27.5 Å². The smallest absolute Gasteiger partial charge is 0.392 e. The molecule has 1 aliphatic rings. The van der Waals surface area contributed by atoms with Gasteiger partial charge >= 0.3 is 18.2 Å². The third-order valence-corrected chi connectivity index (χ3v) is 4.55. The second-order valence-corrected chi connectivity index (χ2v) is 6.27. The maximum absolute atomic E-state index is 13.1. The minimum absolute atomic E-state index is 0.0643. The number of aromatic nitrogens is 2. The third-order valence-electron chi connectivity index (χ3n) is 4.55. The number of imidazole rings is 1. The third kappa shape index (κ3) is 4.89. The van der Waals surface area contributed by atoms with E-state index in [1.54, 1.807) is 6.92 Å². The van der Waals surface area contributed by atoms with Gasteiger partial charge in [0.25, 0.3) is 0 Å². The summed E-state index contributed by atoms with van der Waals surface area (Å²) in [4.78, 5) is 27.6. The van der Waals surface area contributed by atoms with Crippen molar-refractivity contribution in [2.75, 3.05) is 18.5 Å². The molecule has 1 aliphatic carbocycles. The average Bonchev–Trinajstić information content (AvgIpc) is 2.93. The minimum atomic E-state index is -4.25. The second kappa shape index (κ2) is 8.41. The predicted molar refractivity (Wildman–Crippen MR) is 87.7 cm³/mol. The Morgan fingerprint density at radius 2 is 2.04 bits per heavy atom. The molecule has 1 aromatic heterocycles. The zero-order chi connectivity index (χ0) is 19.3. The van der Waals surface area contributed by atoms with E-state index in [0.717, 1.165) is 6.42 Å². The number of nitrogens with one attached hydrogen (secondary N) is 2. The normalized spacial score (nSPS) is 20.5. The summed E-state index contributed by atoms with van der Waals surface area (Å²) in [5, 5.41) is 4.91. The lowest BCUT2D eigenvalue weighted by Gasteiger charge is -2.33. The molecule has 1 saturated carbocycles. The maximum atomic E-state index is 13.1. The number of amides is 2. The van der Waals surface area contributed by atoms with Crippen molar-refractivity contribution in [3.05, 3.63) is 11.9 Å². The topological polar surface area (TPSA) is 85.2 Å². The SMILES string of the molecule is CCOC(=O)c1cnc(NC(=O)NCC2CCCCC2C(F)(F)F)n1C. The first kappa shape index (κ1) is 20.1. The van der Waals surface area contributed by atoms with Crippen molar-refractivity contribution in [3.63, 3.8) is 0 Å². The van der Waals surface area contributed by atoms with Crippen LogP contribution in [0.1, 0.15) is 43.1 Å². The Morgan fingerprint density at radius 1 is 1.35 bits per heavy atom. The van der Waals surface area contributed by atoms with Crippen LogP contribution in [0.15, 0.2) is 6.20 Å². The van der Waals surface area contributed by atoms with Crippen LogP contribution in [-0.4, -0.2) is 40.9 Å². The summed E-state index contributed by atoms with van der Waals surface area (Å²) in [5.74, 6) is -2.50. The van der Waals surface area contributed by atoms with Crippen LogP contribution in [0.5, 0.6) is 0 Å². The molecule has 1 aromatic rings. The molecule has 0 aliphatic heterocycles. The Balaban J connectivity index is 1.92. The fraction of sp³-hybridized carbons (Fsp3) is 0.688. The van der Waals surface area contributed by atoms with Crippen molar-refractivity contribution >= 4 is 17.9 Å². The summed E-state index contributed by atoms with van der Waals surface area (Å²) >= 11 is 0. The Bertz CT molecular complexity index is 645. The minimum Gasteiger partial charge on any atom is -0.461 e. The standard InChI is InChI=1S/C16H23F3N4O3/c1-3-26-13(24)12-9-20-14(23(12)2)22-15(25)21-8-10-6-4-5-7-11(10)16(17,18)19/h9-11H,3-8H2,1-2H3,(H2,20,21,22,25). The summed E-state index contributed by atoms with van der Waals surface area (Å²) in [6.45, 7) is 1.81. The molecule has 0 aromatic carbocycles. The average molecular weight is 376 g/mol. The molecule has 26 heavy (non-hydrogen) atoms. The van der Waals surface area contributed by atoms with Crippen molar-refractivity contribution in [3.8, 4) is 0 Å². The molecule has 146 valence electrons. The second-order valence-electron chi connectivity index (χ2n) is 6.27. The van der Waals surface area contributed by atoms with Crippen LogP contribution in [-0.2, 0) is 11.8 Å². The van der Waals surface area contributed by atoms with Gasteiger partial charge in [-0.25, -0.2) is 14.6 Å². The molecule has 2 rings (SSSR count). The molecule has 7 nitrogen and oxygen atoms in total. The number of hydrogen-bond acceptors (Lipinski definition) is 4. The number of hydrogen-bond donors (Lipinski definition) is 2. The predicted octanol–water partition coefficient (Wildman–Crippen LogP) is 3.09. The van der Waals surface area contributed by atoms with Gasteiger partial charge in [-0.15, -0.1) is 0 Å². The fourth-order valence-electron chi connectivity index (χ4n) is 3.17. The number of alkyl halides is 3. The van der Waals surface area contributed by atoms with Crippen LogP contribution in [0.2, 0.25) is 0 Å². The van der Waals surface area contributed by atoms with Crippen LogP contribution < -0.4 is 10.6 Å². The van der Waals surface area contributed by atoms with Crippen molar-refractivity contribution in [2.45, 2.75) is 38.8 Å². The van der Waals surface area contributed by atoms with E-state index in [0.29, 0.717) is 12.8 Å². The lowest BCUT2D eigenvalue weighted by Crippen LogP contribution is -2.41. The molecule has 2 amide bonds. The first-order valence-corrected chi connectivity index (χ1v) is 8.54. The van der Waals surface area contributed by atoms with Gasteiger partial charge in [-0.1, -0.05) is 12.8 Å². The van der Waals surface area contributed by atoms with Crippen LogP contribution in [0.25, 0.3) is 0 Å². The summed E-state index contributed by atoms with van der Waals surface area (Å²) < 4.78 is 45.4. The number of carbonyl (C=O) groups is 2. The highest BCUT2D eigenvalue weighted by atomic mass is 19.4. The number of esters is 1. The van der Waals surface area contributed by atoms with Crippen LogP contribution in [0.3, 0.4) is 0 Å². The van der Waals surface area contributed by atoms with Gasteiger partial charge in [0, 0.05) is 13.6 Å². The van der Waals surface area contributed by atoms with Gasteiger partial charge in [0.1, 0.15) is 5.69 Å². The van der Waals surface area contributed by atoms with Crippen molar-refractivity contribution in [1.82, 2.24) is 14.9 Å². The van der Waals surface area contributed by atoms with E-state index in [9.17, 15) is 22.8 Å². The molecule has 0 radical (unpaired) electrons. The molecule has 0 spiro atoms. The highest BCUT2D eigenvalue weighted by molar-refractivity contribution is 5.91. The van der Waals surface area contributed by atoms with Gasteiger partial charge < -0.3 is 14.6 Å². The van der Waals surface area contributed by atoms with E-state index < -0.39 is 30.0 Å². The highest BCUT2D eigenvalue weighted by Crippen LogP contribution is 2.41.